The van der Waals surface area contributed by atoms with Crippen LogP contribution in [0.25, 0.3) is 55.3 Å². The van der Waals surface area contributed by atoms with Gasteiger partial charge in [-0.3, -0.25) is 0 Å². The van der Waals surface area contributed by atoms with E-state index in [1.807, 2.05) is 6.07 Å². The molecule has 1 aromatic heterocycles. The lowest BCUT2D eigenvalue weighted by Gasteiger charge is -2.37. The lowest BCUT2D eigenvalue weighted by molar-refractivity contribution is 0.669. The van der Waals surface area contributed by atoms with Crippen molar-refractivity contribution in [2.45, 2.75) is 10.8 Å². The zero-order valence-electron chi connectivity index (χ0n) is 45.5. The Morgan fingerprint density at radius 2 is 0.627 bits per heavy atom. The molecule has 0 spiro atoms. The molecule has 0 radical (unpaired) electrons. The van der Waals surface area contributed by atoms with Crippen molar-refractivity contribution < 1.29 is 4.42 Å². The number of rotatable bonds is 11. The topological polar surface area (TPSA) is 19.6 Å². The molecule has 1 heterocycles. The van der Waals surface area contributed by atoms with Crippen LogP contribution in [-0.4, -0.2) is 0 Å². The molecular formula is C80H54N2O. The van der Waals surface area contributed by atoms with Gasteiger partial charge in [-0.05, 0) is 151 Å². The maximum atomic E-state index is 6.55. The summed E-state index contributed by atoms with van der Waals surface area (Å²) in [5.41, 5.74) is 23.8. The largest absolute Gasteiger partial charge is 0.456 e. The van der Waals surface area contributed by atoms with Crippen LogP contribution in [0.2, 0.25) is 0 Å². The monoisotopic (exact) mass is 1060 g/mol. The van der Waals surface area contributed by atoms with Crippen LogP contribution in [-0.2, 0) is 10.8 Å². The lowest BCUT2D eigenvalue weighted by Crippen LogP contribution is -2.29. The maximum Gasteiger partial charge on any atom is 0.135 e. The molecule has 3 heteroatoms. The van der Waals surface area contributed by atoms with Crippen LogP contribution in [0.4, 0.5) is 34.1 Å². The second-order valence-corrected chi connectivity index (χ2v) is 21.9. The molecule has 0 amide bonds. The van der Waals surface area contributed by atoms with Gasteiger partial charge in [-0.2, -0.15) is 0 Å². The Bertz CT molecular complexity index is 4650. The molecule has 0 saturated carbocycles. The minimum atomic E-state index is -0.612. The molecule has 0 unspecified atom stereocenters. The Kier molecular flexibility index (Phi) is 11.3. The van der Waals surface area contributed by atoms with Gasteiger partial charge in [0.1, 0.15) is 11.2 Å². The van der Waals surface area contributed by atoms with Crippen molar-refractivity contribution >= 4 is 56.1 Å². The van der Waals surface area contributed by atoms with Crippen molar-refractivity contribution in [1.29, 1.82) is 0 Å². The number of para-hydroxylation sites is 3. The molecule has 390 valence electrons. The van der Waals surface area contributed by atoms with Crippen LogP contribution in [0.1, 0.15) is 44.5 Å². The van der Waals surface area contributed by atoms with Crippen LogP contribution in [0, 0.1) is 0 Å². The molecule has 0 N–H and O–H groups in total. The van der Waals surface area contributed by atoms with Gasteiger partial charge in [-0.25, -0.2) is 0 Å². The van der Waals surface area contributed by atoms with Crippen LogP contribution in [0.15, 0.2) is 332 Å². The molecule has 0 fully saturated rings. The number of nitrogens with zero attached hydrogens (tertiary/aromatic N) is 2. The number of anilines is 6. The third-order valence-electron chi connectivity index (χ3n) is 17.6. The number of furan rings is 1. The third kappa shape index (κ3) is 7.45. The Morgan fingerprint density at radius 1 is 0.229 bits per heavy atom. The van der Waals surface area contributed by atoms with Gasteiger partial charge in [0.05, 0.1) is 22.2 Å². The van der Waals surface area contributed by atoms with E-state index in [0.717, 1.165) is 61.6 Å². The first-order valence-corrected chi connectivity index (χ1v) is 28.6. The van der Waals surface area contributed by atoms with Gasteiger partial charge in [0.2, 0.25) is 0 Å². The molecule has 13 aromatic carbocycles. The molecule has 0 atom stereocenters. The zero-order chi connectivity index (χ0) is 54.9. The van der Waals surface area contributed by atoms with Crippen LogP contribution < -0.4 is 9.80 Å². The fourth-order valence-corrected chi connectivity index (χ4v) is 14.1. The van der Waals surface area contributed by atoms with Gasteiger partial charge in [0.15, 0.2) is 0 Å². The van der Waals surface area contributed by atoms with E-state index in [4.69, 9.17) is 4.42 Å². The minimum absolute atomic E-state index is 0.604. The molecule has 0 aliphatic heterocycles. The van der Waals surface area contributed by atoms with Crippen LogP contribution in [0.3, 0.4) is 0 Å². The maximum absolute atomic E-state index is 6.55. The number of hydrogen-bond donors (Lipinski definition) is 0. The van der Waals surface area contributed by atoms with Crippen molar-refractivity contribution in [2.24, 2.45) is 0 Å². The Labute approximate surface area is 483 Å². The first-order chi connectivity index (χ1) is 41.2. The summed E-state index contributed by atoms with van der Waals surface area (Å²) in [6.45, 7) is 0. The van der Waals surface area contributed by atoms with E-state index in [-0.39, 0.29) is 0 Å². The highest BCUT2D eigenvalue weighted by Gasteiger charge is 2.48. The van der Waals surface area contributed by atoms with E-state index in [0.29, 0.717) is 0 Å². The number of hydrogen-bond acceptors (Lipinski definition) is 3. The standard InChI is InChI=1S/C80H54N2O/c1-5-24-55(25-6-1)56-44-46-61(47-45-56)81(62-33-23-32-60(52-62)80(59-30-11-4-12-31-59)72-39-18-13-34-65(72)66-35-14-19-40-73(66)80)75-41-20-21-42-76(75)82(63-49-51-78-70(53-63)69-37-16-22-43-77(69)83-78)64-48-50-68-67-36-15-17-38-71(67)79(74(68)54-64,57-26-7-2-8-27-57)58-28-9-3-10-29-58/h1-54H. The summed E-state index contributed by atoms with van der Waals surface area (Å²) in [6, 6.07) is 121. The van der Waals surface area contributed by atoms with E-state index < -0.39 is 10.8 Å². The zero-order valence-corrected chi connectivity index (χ0v) is 45.5. The van der Waals surface area contributed by atoms with Crippen molar-refractivity contribution in [3.8, 4) is 33.4 Å². The Balaban J connectivity index is 0.962. The fraction of sp³-hybridized carbons (Fsp3) is 0.0250. The molecule has 3 nitrogen and oxygen atoms in total. The quantitative estimate of drug-likeness (QED) is 0.129. The second kappa shape index (κ2) is 19.5. The lowest BCUT2D eigenvalue weighted by atomic mass is 9.67. The van der Waals surface area contributed by atoms with E-state index in [1.54, 1.807) is 0 Å². The summed E-state index contributed by atoms with van der Waals surface area (Å²) in [6.07, 6.45) is 0. The molecule has 83 heavy (non-hydrogen) atoms. The molecule has 0 bridgehead atoms. The van der Waals surface area contributed by atoms with Crippen LogP contribution >= 0.6 is 0 Å². The number of benzene rings is 13. The summed E-state index contributed by atoms with van der Waals surface area (Å²) < 4.78 is 6.55. The van der Waals surface area contributed by atoms with E-state index in [2.05, 4.69) is 331 Å². The summed E-state index contributed by atoms with van der Waals surface area (Å²) in [5, 5.41) is 2.13. The number of fused-ring (bicyclic) bond motifs is 9. The van der Waals surface area contributed by atoms with E-state index in [9.17, 15) is 0 Å². The van der Waals surface area contributed by atoms with Crippen LogP contribution in [0.5, 0.6) is 0 Å². The highest BCUT2D eigenvalue weighted by atomic mass is 16.3. The SMILES string of the molecule is c1ccc(-c2ccc(N(c3cccc(C4(c5ccccc5)c5ccccc5-c5ccccc54)c3)c3ccccc3N(c3ccc4c(c3)C(c3ccccc3)(c3ccccc3)c3ccccc3-4)c3ccc4oc5ccccc5c4c3)cc2)cc1. The summed E-state index contributed by atoms with van der Waals surface area (Å²) in [4.78, 5) is 4.95. The second-order valence-electron chi connectivity index (χ2n) is 21.9. The molecule has 0 saturated heterocycles. The highest BCUT2D eigenvalue weighted by molar-refractivity contribution is 6.07. The minimum Gasteiger partial charge on any atom is -0.456 e. The van der Waals surface area contributed by atoms with Crippen molar-refractivity contribution in [3.63, 3.8) is 0 Å². The van der Waals surface area contributed by atoms with Gasteiger partial charge in [-0.1, -0.05) is 255 Å². The molecule has 14 aromatic rings. The van der Waals surface area contributed by atoms with E-state index >= 15 is 0 Å². The third-order valence-corrected chi connectivity index (χ3v) is 17.6. The predicted molar refractivity (Wildman–Crippen MR) is 343 cm³/mol. The van der Waals surface area contributed by atoms with Gasteiger partial charge in [0, 0.05) is 33.5 Å². The van der Waals surface area contributed by atoms with Crippen molar-refractivity contribution in [2.75, 3.05) is 9.80 Å². The smallest absolute Gasteiger partial charge is 0.135 e. The van der Waals surface area contributed by atoms with Gasteiger partial charge >= 0.3 is 0 Å². The summed E-state index contributed by atoms with van der Waals surface area (Å²) >= 11 is 0. The normalized spacial score (nSPS) is 13.3. The van der Waals surface area contributed by atoms with Crippen molar-refractivity contribution in [1.82, 2.24) is 0 Å². The van der Waals surface area contributed by atoms with Crippen molar-refractivity contribution in [3.05, 3.63) is 372 Å². The highest BCUT2D eigenvalue weighted by Crippen LogP contribution is 2.60. The first kappa shape index (κ1) is 48.2. The van der Waals surface area contributed by atoms with Gasteiger partial charge < -0.3 is 14.2 Å². The first-order valence-electron chi connectivity index (χ1n) is 28.6. The average Bonchev–Trinajstić information content (AvgIpc) is 1.76. The predicted octanol–water partition coefficient (Wildman–Crippen LogP) is 20.9. The molecule has 2 aliphatic rings. The Hall–Kier alpha value is -10.7. The average molecular weight is 1060 g/mol. The van der Waals surface area contributed by atoms with Gasteiger partial charge in [-0.15, -0.1) is 0 Å². The Morgan fingerprint density at radius 3 is 1.22 bits per heavy atom. The fourth-order valence-electron chi connectivity index (χ4n) is 14.1. The molecule has 16 rings (SSSR count). The molecular weight excluding hydrogens is 1000 g/mol. The molecule has 2 aliphatic carbocycles. The summed E-state index contributed by atoms with van der Waals surface area (Å²) in [7, 11) is 0. The van der Waals surface area contributed by atoms with Gasteiger partial charge in [0.25, 0.3) is 0 Å². The van der Waals surface area contributed by atoms with E-state index in [1.165, 1.54) is 72.3 Å². The summed E-state index contributed by atoms with van der Waals surface area (Å²) in [5.74, 6) is 0.